The number of methoxy groups -OCH3 is 1. The topological polar surface area (TPSA) is 47.3 Å². The van der Waals surface area contributed by atoms with Gasteiger partial charge in [0.1, 0.15) is 0 Å². The highest BCUT2D eigenvalue weighted by Gasteiger charge is 2.27. The number of anilines is 2. The van der Waals surface area contributed by atoms with Gasteiger partial charge in [0, 0.05) is 7.11 Å². The molecule has 1 saturated carbocycles. The van der Waals surface area contributed by atoms with E-state index in [4.69, 9.17) is 10.5 Å². The molecular formula is C12H18N2O. The smallest absolute Gasteiger partial charge is 0.0772 e. The molecule has 0 aromatic heterocycles. The first kappa shape index (κ1) is 10.3. The molecule has 1 aliphatic carbocycles. The minimum absolute atomic E-state index is 0.324. The molecule has 0 radical (unpaired) electrons. The number of nitrogens with one attached hydrogen (secondary N) is 1. The van der Waals surface area contributed by atoms with Crippen molar-refractivity contribution in [2.24, 2.45) is 0 Å². The standard InChI is InChI=1S/C12H18N2O/c1-15-12-8-4-7-11(12)14-10-6-3-2-5-9(10)13/h2-3,5-6,11-12,14H,4,7-8,13H2,1H3. The minimum Gasteiger partial charge on any atom is -0.397 e. The molecule has 0 amide bonds. The normalized spacial score (nSPS) is 25.4. The number of ether oxygens (including phenoxy) is 1. The quantitative estimate of drug-likeness (QED) is 0.746. The highest BCUT2D eigenvalue weighted by molar-refractivity contribution is 5.66. The Balaban J connectivity index is 2.05. The summed E-state index contributed by atoms with van der Waals surface area (Å²) in [4.78, 5) is 0. The van der Waals surface area contributed by atoms with Gasteiger partial charge >= 0.3 is 0 Å². The molecule has 1 fully saturated rings. The van der Waals surface area contributed by atoms with Crippen LogP contribution in [0.3, 0.4) is 0 Å². The molecule has 15 heavy (non-hydrogen) atoms. The van der Waals surface area contributed by atoms with Crippen molar-refractivity contribution in [2.45, 2.75) is 31.4 Å². The van der Waals surface area contributed by atoms with Crippen LogP contribution >= 0.6 is 0 Å². The number of nitrogen functional groups attached to an aromatic ring is 1. The van der Waals surface area contributed by atoms with Gasteiger partial charge in [-0.05, 0) is 31.4 Å². The second-order valence-electron chi connectivity index (χ2n) is 4.04. The third kappa shape index (κ3) is 2.23. The Morgan fingerprint density at radius 2 is 2.13 bits per heavy atom. The lowest BCUT2D eigenvalue weighted by molar-refractivity contribution is 0.101. The van der Waals surface area contributed by atoms with Crippen LogP contribution in [0.2, 0.25) is 0 Å². The zero-order valence-electron chi connectivity index (χ0n) is 9.07. The molecule has 0 aliphatic heterocycles. The molecular weight excluding hydrogens is 188 g/mol. The maximum Gasteiger partial charge on any atom is 0.0772 e. The van der Waals surface area contributed by atoms with E-state index in [-0.39, 0.29) is 0 Å². The Bertz CT molecular complexity index is 327. The second kappa shape index (κ2) is 4.53. The maximum atomic E-state index is 5.88. The fourth-order valence-electron chi connectivity index (χ4n) is 2.20. The van der Waals surface area contributed by atoms with Crippen molar-refractivity contribution < 1.29 is 4.74 Å². The summed E-state index contributed by atoms with van der Waals surface area (Å²) in [5.41, 5.74) is 7.71. The fraction of sp³-hybridized carbons (Fsp3) is 0.500. The average Bonchev–Trinajstić information content (AvgIpc) is 2.69. The predicted octanol–water partition coefficient (Wildman–Crippen LogP) is 2.25. The van der Waals surface area contributed by atoms with Crippen LogP contribution in [0.15, 0.2) is 24.3 Å². The second-order valence-corrected chi connectivity index (χ2v) is 4.04. The van der Waals surface area contributed by atoms with Gasteiger partial charge in [0.05, 0.1) is 23.5 Å². The number of hydrogen-bond donors (Lipinski definition) is 2. The molecule has 2 atom stereocenters. The Hall–Kier alpha value is -1.22. The molecule has 82 valence electrons. The van der Waals surface area contributed by atoms with Gasteiger partial charge in [-0.2, -0.15) is 0 Å². The summed E-state index contributed by atoms with van der Waals surface area (Å²) in [7, 11) is 1.78. The molecule has 2 rings (SSSR count). The summed E-state index contributed by atoms with van der Waals surface area (Å²) in [5, 5.41) is 3.46. The zero-order chi connectivity index (χ0) is 10.7. The number of benzene rings is 1. The van der Waals surface area contributed by atoms with Crippen molar-refractivity contribution in [1.29, 1.82) is 0 Å². The number of hydrogen-bond acceptors (Lipinski definition) is 3. The zero-order valence-corrected chi connectivity index (χ0v) is 9.07. The molecule has 1 aliphatic rings. The lowest BCUT2D eigenvalue weighted by Crippen LogP contribution is -2.29. The van der Waals surface area contributed by atoms with Crippen molar-refractivity contribution >= 4 is 11.4 Å². The predicted molar refractivity (Wildman–Crippen MR) is 62.9 cm³/mol. The summed E-state index contributed by atoms with van der Waals surface area (Å²) in [6.07, 6.45) is 3.85. The third-order valence-corrected chi connectivity index (χ3v) is 3.06. The Kier molecular flexibility index (Phi) is 3.11. The van der Waals surface area contributed by atoms with Crippen LogP contribution in [0.5, 0.6) is 0 Å². The van der Waals surface area contributed by atoms with E-state index >= 15 is 0 Å². The molecule has 2 unspecified atom stereocenters. The highest BCUT2D eigenvalue weighted by atomic mass is 16.5. The van der Waals surface area contributed by atoms with Gasteiger partial charge in [-0.25, -0.2) is 0 Å². The summed E-state index contributed by atoms with van der Waals surface area (Å²) >= 11 is 0. The molecule has 3 nitrogen and oxygen atoms in total. The van der Waals surface area contributed by atoms with Crippen LogP contribution < -0.4 is 11.1 Å². The van der Waals surface area contributed by atoms with Crippen molar-refractivity contribution in [2.75, 3.05) is 18.2 Å². The Morgan fingerprint density at radius 3 is 2.87 bits per heavy atom. The van der Waals surface area contributed by atoms with Gasteiger partial charge in [0.25, 0.3) is 0 Å². The van der Waals surface area contributed by atoms with E-state index in [0.717, 1.165) is 24.2 Å². The van der Waals surface area contributed by atoms with Gasteiger partial charge in [0.15, 0.2) is 0 Å². The largest absolute Gasteiger partial charge is 0.397 e. The van der Waals surface area contributed by atoms with E-state index in [1.165, 1.54) is 6.42 Å². The van der Waals surface area contributed by atoms with E-state index in [2.05, 4.69) is 5.32 Å². The van der Waals surface area contributed by atoms with Gasteiger partial charge < -0.3 is 15.8 Å². The molecule has 0 saturated heterocycles. The van der Waals surface area contributed by atoms with E-state index in [1.807, 2.05) is 24.3 Å². The number of para-hydroxylation sites is 2. The first-order valence-electron chi connectivity index (χ1n) is 5.45. The van der Waals surface area contributed by atoms with Crippen molar-refractivity contribution in [3.8, 4) is 0 Å². The average molecular weight is 206 g/mol. The fourth-order valence-corrected chi connectivity index (χ4v) is 2.20. The van der Waals surface area contributed by atoms with E-state index in [1.54, 1.807) is 7.11 Å². The maximum absolute atomic E-state index is 5.88. The monoisotopic (exact) mass is 206 g/mol. The van der Waals surface area contributed by atoms with Gasteiger partial charge in [-0.3, -0.25) is 0 Å². The molecule has 3 N–H and O–H groups in total. The van der Waals surface area contributed by atoms with Crippen molar-refractivity contribution in [3.63, 3.8) is 0 Å². The van der Waals surface area contributed by atoms with Gasteiger partial charge in [-0.1, -0.05) is 12.1 Å². The van der Waals surface area contributed by atoms with Crippen LogP contribution in [-0.2, 0) is 4.74 Å². The number of nitrogens with two attached hydrogens (primary N) is 1. The van der Waals surface area contributed by atoms with Gasteiger partial charge in [0.2, 0.25) is 0 Å². The van der Waals surface area contributed by atoms with Gasteiger partial charge in [-0.15, -0.1) is 0 Å². The lowest BCUT2D eigenvalue weighted by Gasteiger charge is -2.21. The van der Waals surface area contributed by atoms with Crippen LogP contribution in [0.4, 0.5) is 11.4 Å². The first-order chi connectivity index (χ1) is 7.31. The van der Waals surface area contributed by atoms with Crippen molar-refractivity contribution in [1.82, 2.24) is 0 Å². The summed E-state index contributed by atoms with van der Waals surface area (Å²) in [5.74, 6) is 0. The summed E-state index contributed by atoms with van der Waals surface area (Å²) < 4.78 is 5.43. The van der Waals surface area contributed by atoms with E-state index < -0.39 is 0 Å². The van der Waals surface area contributed by atoms with Crippen LogP contribution in [0.1, 0.15) is 19.3 Å². The Labute approximate surface area is 90.6 Å². The third-order valence-electron chi connectivity index (χ3n) is 3.06. The molecule has 0 spiro atoms. The van der Waals surface area contributed by atoms with Crippen LogP contribution in [0, 0.1) is 0 Å². The lowest BCUT2D eigenvalue weighted by atomic mass is 10.2. The minimum atomic E-state index is 0.324. The molecule has 0 bridgehead atoms. The van der Waals surface area contributed by atoms with E-state index in [0.29, 0.717) is 12.1 Å². The number of rotatable bonds is 3. The molecule has 1 aromatic rings. The van der Waals surface area contributed by atoms with Crippen LogP contribution in [0.25, 0.3) is 0 Å². The first-order valence-corrected chi connectivity index (χ1v) is 5.45. The molecule has 0 heterocycles. The Morgan fingerprint density at radius 1 is 1.33 bits per heavy atom. The summed E-state index contributed by atoms with van der Waals surface area (Å²) in [6.45, 7) is 0. The highest BCUT2D eigenvalue weighted by Crippen LogP contribution is 2.27. The van der Waals surface area contributed by atoms with E-state index in [9.17, 15) is 0 Å². The SMILES string of the molecule is COC1CCCC1Nc1ccccc1N. The van der Waals surface area contributed by atoms with Crippen LogP contribution in [-0.4, -0.2) is 19.3 Å². The molecule has 1 aromatic carbocycles. The molecule has 3 heteroatoms. The van der Waals surface area contributed by atoms with Crippen molar-refractivity contribution in [3.05, 3.63) is 24.3 Å². The summed E-state index contributed by atoms with van der Waals surface area (Å²) in [6, 6.07) is 8.28.